The number of hydrogen-bond donors (Lipinski definition) is 0. The summed E-state index contributed by atoms with van der Waals surface area (Å²) in [6.07, 6.45) is 8.44. The van der Waals surface area contributed by atoms with Crippen molar-refractivity contribution in [2.24, 2.45) is 5.92 Å². The number of rotatable bonds is 2. The maximum atomic E-state index is 10.9. The number of fused-ring (bicyclic) bond motifs is 1. The van der Waals surface area contributed by atoms with Crippen LogP contribution >= 0.6 is 0 Å². The van der Waals surface area contributed by atoms with Crippen LogP contribution in [0.5, 0.6) is 0 Å². The van der Waals surface area contributed by atoms with E-state index >= 15 is 0 Å². The molecule has 0 radical (unpaired) electrons. The molecule has 88 valence electrons. The van der Waals surface area contributed by atoms with Crippen molar-refractivity contribution < 1.29 is 4.79 Å². The maximum absolute atomic E-state index is 10.9. The first-order chi connectivity index (χ1) is 8.38. The van der Waals surface area contributed by atoms with Gasteiger partial charge in [-0.2, -0.15) is 5.10 Å². The van der Waals surface area contributed by atoms with E-state index in [1.165, 1.54) is 0 Å². The smallest absolute Gasteiger partial charge is 0.154 e. The van der Waals surface area contributed by atoms with Crippen LogP contribution < -0.4 is 4.90 Å². The zero-order chi connectivity index (χ0) is 11.7. The molecule has 1 aliphatic heterocycles. The fourth-order valence-corrected chi connectivity index (χ4v) is 2.40. The lowest BCUT2D eigenvalue weighted by Gasteiger charge is -2.31. The van der Waals surface area contributed by atoms with E-state index in [1.54, 1.807) is 12.4 Å². The van der Waals surface area contributed by atoms with Crippen LogP contribution in [0.2, 0.25) is 0 Å². The van der Waals surface area contributed by atoms with Gasteiger partial charge in [0.15, 0.2) is 5.82 Å². The summed E-state index contributed by atoms with van der Waals surface area (Å²) in [7, 11) is 0. The van der Waals surface area contributed by atoms with E-state index in [-0.39, 0.29) is 5.92 Å². The van der Waals surface area contributed by atoms with Crippen molar-refractivity contribution >= 4 is 17.6 Å². The van der Waals surface area contributed by atoms with Crippen LogP contribution in [0.4, 0.5) is 5.82 Å². The monoisotopic (exact) mass is 230 g/mol. The Labute approximate surface area is 99.1 Å². The van der Waals surface area contributed by atoms with E-state index in [2.05, 4.69) is 15.0 Å². The standard InChI is InChI=1S/C12H14N4O/c17-9-10-2-1-6-15(8-10)12-11-3-4-14-16(11)7-5-13-12/h3-5,7,9-10H,1-2,6,8H2. The van der Waals surface area contributed by atoms with Gasteiger partial charge in [0.25, 0.3) is 0 Å². The number of piperidine rings is 1. The quantitative estimate of drug-likeness (QED) is 0.726. The fourth-order valence-electron chi connectivity index (χ4n) is 2.40. The molecule has 17 heavy (non-hydrogen) atoms. The largest absolute Gasteiger partial charge is 0.354 e. The summed E-state index contributed by atoms with van der Waals surface area (Å²) < 4.78 is 1.81. The second-order valence-corrected chi connectivity index (χ2v) is 4.40. The van der Waals surface area contributed by atoms with Gasteiger partial charge in [0, 0.05) is 31.4 Å². The average molecular weight is 230 g/mol. The minimum absolute atomic E-state index is 0.133. The topological polar surface area (TPSA) is 50.5 Å². The van der Waals surface area contributed by atoms with Gasteiger partial charge in [-0.25, -0.2) is 9.50 Å². The molecule has 0 spiro atoms. The van der Waals surface area contributed by atoms with Gasteiger partial charge in [-0.15, -0.1) is 0 Å². The Morgan fingerprint density at radius 3 is 3.24 bits per heavy atom. The number of carbonyl (C=O) groups excluding carboxylic acids is 1. The van der Waals surface area contributed by atoms with Crippen LogP contribution in [0.15, 0.2) is 24.7 Å². The lowest BCUT2D eigenvalue weighted by Crippen LogP contribution is -2.36. The van der Waals surface area contributed by atoms with Crippen molar-refractivity contribution in [3.63, 3.8) is 0 Å². The summed E-state index contributed by atoms with van der Waals surface area (Å²) in [5.41, 5.74) is 0.999. The van der Waals surface area contributed by atoms with E-state index in [1.807, 2.05) is 16.8 Å². The SMILES string of the molecule is O=CC1CCCN(c2nccn3nccc23)C1. The van der Waals surface area contributed by atoms with Gasteiger partial charge in [0.2, 0.25) is 0 Å². The number of carbonyl (C=O) groups is 1. The highest BCUT2D eigenvalue weighted by atomic mass is 16.1. The molecular formula is C12H14N4O. The normalized spacial score (nSPS) is 20.7. The maximum Gasteiger partial charge on any atom is 0.154 e. The van der Waals surface area contributed by atoms with Crippen LogP contribution in [0.25, 0.3) is 5.52 Å². The van der Waals surface area contributed by atoms with Crippen molar-refractivity contribution in [3.05, 3.63) is 24.7 Å². The molecule has 1 fully saturated rings. The van der Waals surface area contributed by atoms with Gasteiger partial charge in [0.05, 0.1) is 6.20 Å². The number of anilines is 1. The van der Waals surface area contributed by atoms with Gasteiger partial charge in [-0.1, -0.05) is 0 Å². The first kappa shape index (κ1) is 10.3. The molecule has 5 nitrogen and oxygen atoms in total. The van der Waals surface area contributed by atoms with Crippen molar-refractivity contribution in [2.45, 2.75) is 12.8 Å². The highest BCUT2D eigenvalue weighted by molar-refractivity contribution is 5.69. The molecule has 3 heterocycles. The first-order valence-electron chi connectivity index (χ1n) is 5.87. The molecule has 5 heteroatoms. The van der Waals surface area contributed by atoms with Crippen LogP contribution in [0.1, 0.15) is 12.8 Å². The molecule has 2 aromatic heterocycles. The van der Waals surface area contributed by atoms with Gasteiger partial charge in [-0.05, 0) is 18.9 Å². The van der Waals surface area contributed by atoms with E-state index in [4.69, 9.17) is 0 Å². The molecule has 3 rings (SSSR count). The van der Waals surface area contributed by atoms with Gasteiger partial charge >= 0.3 is 0 Å². The number of aldehydes is 1. The lowest BCUT2D eigenvalue weighted by atomic mass is 10.00. The number of aromatic nitrogens is 3. The van der Waals surface area contributed by atoms with E-state index in [9.17, 15) is 4.79 Å². The van der Waals surface area contributed by atoms with Gasteiger partial charge in [-0.3, -0.25) is 0 Å². The third kappa shape index (κ3) is 1.77. The summed E-state index contributed by atoms with van der Waals surface area (Å²) in [5, 5.41) is 4.19. The molecule has 0 aromatic carbocycles. The molecule has 0 N–H and O–H groups in total. The predicted octanol–water partition coefficient (Wildman–Crippen LogP) is 1.14. The van der Waals surface area contributed by atoms with Crippen molar-refractivity contribution in [1.29, 1.82) is 0 Å². The average Bonchev–Trinajstić information content (AvgIpc) is 2.87. The minimum Gasteiger partial charge on any atom is -0.354 e. The minimum atomic E-state index is 0.133. The predicted molar refractivity (Wildman–Crippen MR) is 64.0 cm³/mol. The highest BCUT2D eigenvalue weighted by Gasteiger charge is 2.21. The second-order valence-electron chi connectivity index (χ2n) is 4.40. The van der Waals surface area contributed by atoms with Gasteiger partial charge in [0.1, 0.15) is 11.8 Å². The van der Waals surface area contributed by atoms with Crippen LogP contribution in [0.3, 0.4) is 0 Å². The summed E-state index contributed by atoms with van der Waals surface area (Å²) in [5.74, 6) is 1.06. The Kier molecular flexibility index (Phi) is 2.51. The number of hydrogen-bond acceptors (Lipinski definition) is 4. The Hall–Kier alpha value is -1.91. The zero-order valence-electron chi connectivity index (χ0n) is 9.49. The Bertz CT molecular complexity index is 536. The Morgan fingerprint density at radius 2 is 2.35 bits per heavy atom. The van der Waals surface area contributed by atoms with E-state index in [0.29, 0.717) is 0 Å². The van der Waals surface area contributed by atoms with Crippen molar-refractivity contribution in [3.8, 4) is 0 Å². The van der Waals surface area contributed by atoms with E-state index in [0.717, 1.165) is 43.6 Å². The molecular weight excluding hydrogens is 216 g/mol. The molecule has 1 saturated heterocycles. The molecule has 2 aromatic rings. The molecule has 0 amide bonds. The molecule has 1 unspecified atom stereocenters. The third-order valence-corrected chi connectivity index (χ3v) is 3.25. The molecule has 1 atom stereocenters. The summed E-state index contributed by atoms with van der Waals surface area (Å²) in [6.45, 7) is 1.73. The number of nitrogens with zero attached hydrogens (tertiary/aromatic N) is 4. The fraction of sp³-hybridized carbons (Fsp3) is 0.417. The van der Waals surface area contributed by atoms with E-state index < -0.39 is 0 Å². The van der Waals surface area contributed by atoms with Crippen LogP contribution in [-0.4, -0.2) is 34.0 Å². The lowest BCUT2D eigenvalue weighted by molar-refractivity contribution is -0.111. The first-order valence-corrected chi connectivity index (χ1v) is 5.87. The molecule has 0 aliphatic carbocycles. The molecule has 0 saturated carbocycles. The zero-order valence-corrected chi connectivity index (χ0v) is 9.49. The Balaban J connectivity index is 1.97. The molecule has 1 aliphatic rings. The van der Waals surface area contributed by atoms with Crippen LogP contribution in [-0.2, 0) is 4.79 Å². The Morgan fingerprint density at radius 1 is 1.41 bits per heavy atom. The second kappa shape index (κ2) is 4.16. The van der Waals surface area contributed by atoms with Crippen LogP contribution in [0, 0.1) is 5.92 Å². The summed E-state index contributed by atoms with van der Waals surface area (Å²) in [6, 6.07) is 1.95. The molecule has 0 bridgehead atoms. The third-order valence-electron chi connectivity index (χ3n) is 3.25. The van der Waals surface area contributed by atoms with Gasteiger partial charge < -0.3 is 9.69 Å². The summed E-state index contributed by atoms with van der Waals surface area (Å²) >= 11 is 0. The van der Waals surface area contributed by atoms with Crippen molar-refractivity contribution in [2.75, 3.05) is 18.0 Å². The highest BCUT2D eigenvalue weighted by Crippen LogP contribution is 2.23. The van der Waals surface area contributed by atoms with Crippen molar-refractivity contribution in [1.82, 2.24) is 14.6 Å². The summed E-state index contributed by atoms with van der Waals surface area (Å²) in [4.78, 5) is 17.5.